The standard InChI is InChI=1S/C9H9F3O2S/c1-15(13,14)8-4-2-3-7(5-6-8)9(10,11)12/h2-3,5-6H,4H2,1H3. The first-order valence-electron chi connectivity index (χ1n) is 4.06. The van der Waals surface area contributed by atoms with Crippen molar-refractivity contribution < 1.29 is 21.6 Å². The van der Waals surface area contributed by atoms with Crippen molar-refractivity contribution in [2.45, 2.75) is 12.6 Å². The number of halogens is 3. The lowest BCUT2D eigenvalue weighted by molar-refractivity contribution is -0.0881. The molecule has 15 heavy (non-hydrogen) atoms. The lowest BCUT2D eigenvalue weighted by atomic mass is 10.2. The van der Waals surface area contributed by atoms with E-state index in [2.05, 4.69) is 0 Å². The van der Waals surface area contributed by atoms with E-state index in [-0.39, 0.29) is 11.3 Å². The molecule has 0 bridgehead atoms. The van der Waals surface area contributed by atoms with E-state index >= 15 is 0 Å². The Kier molecular flexibility index (Phi) is 3.08. The molecule has 0 amide bonds. The largest absolute Gasteiger partial charge is 0.416 e. The highest BCUT2D eigenvalue weighted by atomic mass is 32.2. The van der Waals surface area contributed by atoms with Crippen molar-refractivity contribution in [3.63, 3.8) is 0 Å². The van der Waals surface area contributed by atoms with Crippen LogP contribution in [0.2, 0.25) is 0 Å². The monoisotopic (exact) mass is 238 g/mol. The van der Waals surface area contributed by atoms with Gasteiger partial charge in [0, 0.05) is 17.6 Å². The Labute approximate surface area is 85.7 Å². The molecule has 0 N–H and O–H groups in total. The second-order valence-electron chi connectivity index (χ2n) is 3.13. The molecule has 6 heteroatoms. The molecule has 2 nitrogen and oxygen atoms in total. The summed E-state index contributed by atoms with van der Waals surface area (Å²) < 4.78 is 58.9. The zero-order valence-electron chi connectivity index (χ0n) is 7.88. The van der Waals surface area contributed by atoms with Gasteiger partial charge in [-0.05, 0) is 12.2 Å². The summed E-state index contributed by atoms with van der Waals surface area (Å²) in [6.45, 7) is 0. The summed E-state index contributed by atoms with van der Waals surface area (Å²) in [7, 11) is -3.42. The topological polar surface area (TPSA) is 34.1 Å². The molecular weight excluding hydrogens is 229 g/mol. The Morgan fingerprint density at radius 3 is 2.33 bits per heavy atom. The molecule has 1 aliphatic carbocycles. The number of sulfone groups is 1. The summed E-state index contributed by atoms with van der Waals surface area (Å²) in [5.41, 5.74) is -0.846. The third-order valence-electron chi connectivity index (χ3n) is 1.87. The molecule has 0 aliphatic heterocycles. The van der Waals surface area contributed by atoms with Gasteiger partial charge in [-0.2, -0.15) is 13.2 Å². The fourth-order valence-corrected chi connectivity index (χ4v) is 1.79. The van der Waals surface area contributed by atoms with Crippen LogP contribution < -0.4 is 0 Å². The van der Waals surface area contributed by atoms with E-state index in [1.807, 2.05) is 0 Å². The SMILES string of the molecule is CS(=O)(=O)C1=CC=C(C(F)(F)F)C=CC1. The first-order chi connectivity index (χ1) is 6.71. The summed E-state index contributed by atoms with van der Waals surface area (Å²) in [5, 5.41) is 0. The summed E-state index contributed by atoms with van der Waals surface area (Å²) in [4.78, 5) is -0.0157. The highest BCUT2D eigenvalue weighted by Gasteiger charge is 2.31. The minimum absolute atomic E-state index is 0.00505. The molecule has 0 saturated heterocycles. The van der Waals surface area contributed by atoms with Crippen LogP contribution in [0.4, 0.5) is 13.2 Å². The Bertz CT molecular complexity index is 438. The van der Waals surface area contributed by atoms with Gasteiger partial charge in [0.25, 0.3) is 0 Å². The van der Waals surface area contributed by atoms with Gasteiger partial charge >= 0.3 is 6.18 Å². The number of alkyl halides is 3. The molecule has 84 valence electrons. The van der Waals surface area contributed by atoms with E-state index < -0.39 is 21.6 Å². The zero-order valence-corrected chi connectivity index (χ0v) is 8.69. The van der Waals surface area contributed by atoms with E-state index in [1.54, 1.807) is 0 Å². The summed E-state index contributed by atoms with van der Waals surface area (Å²) in [6, 6.07) is 0. The second kappa shape index (κ2) is 3.84. The number of allylic oxidation sites excluding steroid dienone is 6. The molecular formula is C9H9F3O2S. The molecule has 1 aliphatic rings. The third-order valence-corrected chi connectivity index (χ3v) is 3.12. The molecule has 0 aromatic rings. The first kappa shape index (κ1) is 12.0. The average Bonchev–Trinajstić information content (AvgIpc) is 2.24. The van der Waals surface area contributed by atoms with Crippen LogP contribution in [-0.4, -0.2) is 20.8 Å². The predicted octanol–water partition coefficient (Wildman–Crippen LogP) is 2.36. The van der Waals surface area contributed by atoms with Crippen molar-refractivity contribution in [1.29, 1.82) is 0 Å². The van der Waals surface area contributed by atoms with Crippen molar-refractivity contribution in [2.24, 2.45) is 0 Å². The minimum atomic E-state index is -4.44. The highest BCUT2D eigenvalue weighted by molar-refractivity contribution is 7.94. The molecule has 0 aromatic heterocycles. The maximum Gasteiger partial charge on any atom is 0.416 e. The molecule has 0 saturated carbocycles. The van der Waals surface area contributed by atoms with Gasteiger partial charge in [-0.15, -0.1) is 0 Å². The van der Waals surface area contributed by atoms with Crippen LogP contribution in [0, 0.1) is 0 Å². The quantitative estimate of drug-likeness (QED) is 0.702. The molecule has 0 heterocycles. The van der Waals surface area contributed by atoms with Crippen molar-refractivity contribution in [2.75, 3.05) is 6.26 Å². The van der Waals surface area contributed by atoms with Crippen LogP contribution in [0.15, 0.2) is 34.8 Å². The number of hydrogen-bond acceptors (Lipinski definition) is 2. The van der Waals surface area contributed by atoms with E-state index in [9.17, 15) is 21.6 Å². The average molecular weight is 238 g/mol. The van der Waals surface area contributed by atoms with E-state index in [0.717, 1.165) is 24.5 Å². The number of hydrogen-bond donors (Lipinski definition) is 0. The van der Waals surface area contributed by atoms with Crippen LogP contribution in [0.25, 0.3) is 0 Å². The molecule has 0 atom stereocenters. The fraction of sp³-hybridized carbons (Fsp3) is 0.333. The summed E-state index contributed by atoms with van der Waals surface area (Å²) in [5.74, 6) is 0. The van der Waals surface area contributed by atoms with Gasteiger partial charge in [0.1, 0.15) is 0 Å². The lowest BCUT2D eigenvalue weighted by Crippen LogP contribution is -2.09. The highest BCUT2D eigenvalue weighted by Crippen LogP contribution is 2.29. The lowest BCUT2D eigenvalue weighted by Gasteiger charge is -2.04. The normalized spacial score (nSPS) is 18.1. The molecule has 0 unspecified atom stereocenters. The van der Waals surface area contributed by atoms with Crippen LogP contribution in [0.5, 0.6) is 0 Å². The Hall–Kier alpha value is -1.04. The molecule has 1 rings (SSSR count). The Balaban J connectivity index is 3.11. The van der Waals surface area contributed by atoms with Crippen LogP contribution in [0.1, 0.15) is 6.42 Å². The number of rotatable bonds is 1. The molecule has 0 fully saturated rings. The smallest absolute Gasteiger partial charge is 0.224 e. The van der Waals surface area contributed by atoms with Crippen molar-refractivity contribution in [1.82, 2.24) is 0 Å². The van der Waals surface area contributed by atoms with Crippen molar-refractivity contribution in [3.8, 4) is 0 Å². The van der Waals surface area contributed by atoms with E-state index in [0.29, 0.717) is 0 Å². The van der Waals surface area contributed by atoms with Crippen LogP contribution in [-0.2, 0) is 9.84 Å². The van der Waals surface area contributed by atoms with Crippen LogP contribution in [0.3, 0.4) is 0 Å². The van der Waals surface area contributed by atoms with Gasteiger partial charge in [-0.25, -0.2) is 8.42 Å². The van der Waals surface area contributed by atoms with Gasteiger partial charge in [-0.3, -0.25) is 0 Å². The maximum atomic E-state index is 12.2. The van der Waals surface area contributed by atoms with Gasteiger partial charge in [-0.1, -0.05) is 12.2 Å². The summed E-state index contributed by atoms with van der Waals surface area (Å²) >= 11 is 0. The van der Waals surface area contributed by atoms with Gasteiger partial charge in [0.05, 0.1) is 5.57 Å². The van der Waals surface area contributed by atoms with Gasteiger partial charge in [0.2, 0.25) is 0 Å². The van der Waals surface area contributed by atoms with Crippen molar-refractivity contribution >= 4 is 9.84 Å². The zero-order chi connectivity index (χ0) is 11.7. The van der Waals surface area contributed by atoms with E-state index in [4.69, 9.17) is 0 Å². The van der Waals surface area contributed by atoms with Gasteiger partial charge in [0.15, 0.2) is 9.84 Å². The second-order valence-corrected chi connectivity index (χ2v) is 5.20. The predicted molar refractivity (Wildman–Crippen MR) is 50.8 cm³/mol. The summed E-state index contributed by atoms with van der Waals surface area (Å²) in [6.07, 6.45) is 0.375. The molecule has 0 radical (unpaired) electrons. The maximum absolute atomic E-state index is 12.2. The molecule has 0 aromatic carbocycles. The van der Waals surface area contributed by atoms with Crippen LogP contribution >= 0.6 is 0 Å². The molecule has 0 spiro atoms. The minimum Gasteiger partial charge on any atom is -0.224 e. The first-order valence-corrected chi connectivity index (χ1v) is 5.95. The van der Waals surface area contributed by atoms with E-state index in [1.165, 1.54) is 6.08 Å². The third kappa shape index (κ3) is 3.23. The van der Waals surface area contributed by atoms with Gasteiger partial charge < -0.3 is 0 Å². The van der Waals surface area contributed by atoms with Crippen molar-refractivity contribution in [3.05, 3.63) is 34.8 Å². The Morgan fingerprint density at radius 1 is 1.27 bits per heavy atom. The Morgan fingerprint density at radius 2 is 1.87 bits per heavy atom. The fourth-order valence-electron chi connectivity index (χ4n) is 1.07.